The molecule has 1 rings (SSSR count). The molecule has 0 spiro atoms. The Morgan fingerprint density at radius 2 is 0.962 bits per heavy atom. The summed E-state index contributed by atoms with van der Waals surface area (Å²) < 4.78 is 0. The SMILES string of the molecule is CC[C@H](C)[C@H](NC(=O)[C@@H](N)CCC(=O)O)C(=O)N[C@@H](CCC(=O)O)C(=O)N1CCC[C@H]1C(=O)N[C@H](C(=O)N[C@@H](CC(C)C)C(=O)N[C@@H](CO)C(=O)N[C@H](C(=O)N[C@@H](CC(C)C)C(=O)N[C@@H](CC(N)=O)C(=O)O)C(C)C)C(C)C. The van der Waals surface area contributed by atoms with Crippen LogP contribution in [0.15, 0.2) is 0 Å². The summed E-state index contributed by atoms with van der Waals surface area (Å²) in [7, 11) is 0. The number of carboxylic acids is 3. The van der Waals surface area contributed by atoms with Gasteiger partial charge in [0.15, 0.2) is 0 Å². The Morgan fingerprint density at radius 1 is 0.538 bits per heavy atom. The van der Waals surface area contributed by atoms with Gasteiger partial charge in [-0.3, -0.25) is 57.5 Å². The Balaban J connectivity index is 3.34. The summed E-state index contributed by atoms with van der Waals surface area (Å²) in [6.07, 6.45) is -1.60. The molecule has 1 fully saturated rings. The molecule has 10 amide bonds. The molecule has 1 saturated heterocycles. The fourth-order valence-electron chi connectivity index (χ4n) is 8.30. The minimum Gasteiger partial charge on any atom is -0.481 e. The molecule has 0 unspecified atom stereocenters. The first kappa shape index (κ1) is 69.0. The van der Waals surface area contributed by atoms with Gasteiger partial charge >= 0.3 is 17.9 Å². The summed E-state index contributed by atoms with van der Waals surface area (Å²) in [6, 6.07) is -14.0. The zero-order valence-corrected chi connectivity index (χ0v) is 46.3. The van der Waals surface area contributed by atoms with Crippen molar-refractivity contribution in [1.82, 2.24) is 47.4 Å². The van der Waals surface area contributed by atoms with Crippen LogP contribution in [0.1, 0.15) is 133 Å². The average molecular weight is 1110 g/mol. The summed E-state index contributed by atoms with van der Waals surface area (Å²) in [6.45, 7) is 15.6. The van der Waals surface area contributed by atoms with Crippen LogP contribution in [0, 0.1) is 29.6 Å². The first-order valence-electron chi connectivity index (χ1n) is 26.3. The van der Waals surface area contributed by atoms with Gasteiger partial charge in [0.2, 0.25) is 59.1 Å². The number of rotatable bonds is 35. The molecule has 0 radical (unpaired) electrons. The Morgan fingerprint density at radius 3 is 1.40 bits per heavy atom. The topological polar surface area (TPSA) is 454 Å². The fourth-order valence-corrected chi connectivity index (χ4v) is 8.30. The highest BCUT2D eigenvalue weighted by atomic mass is 16.4. The van der Waals surface area contributed by atoms with Crippen molar-refractivity contribution in [3.05, 3.63) is 0 Å². The van der Waals surface area contributed by atoms with E-state index in [1.165, 1.54) is 0 Å². The second kappa shape index (κ2) is 33.4. The predicted molar refractivity (Wildman–Crippen MR) is 278 cm³/mol. The Bertz CT molecular complexity index is 2140. The normalized spacial score (nSPS) is 17.2. The van der Waals surface area contributed by atoms with Gasteiger partial charge < -0.3 is 79.3 Å². The van der Waals surface area contributed by atoms with Gasteiger partial charge in [-0.1, -0.05) is 75.7 Å². The molecular formula is C50H85N11O17. The Kier molecular flexibility index (Phi) is 29.5. The van der Waals surface area contributed by atoms with E-state index >= 15 is 0 Å². The second-order valence-electron chi connectivity index (χ2n) is 21.2. The standard InChI is InChI=1S/C50H85N11O17/c1-11-27(10)40(60-41(68)28(51)14-16-36(64)65)48(75)53-29(15-17-37(66)67)49(76)61-18-12-13-34(61)45(72)59-39(26(8)9)47(74)55-31(20-24(4)5)43(70)57-33(22-62)44(71)58-38(25(6)7)46(73)54-30(19-23(2)3)42(69)56-32(50(77)78)21-35(52)63/h23-34,38-40,62H,11-22,51H2,1-10H3,(H2,52,63)(H,53,75)(H,54,73)(H,55,74)(H,56,69)(H,57,70)(H,58,71)(H,59,72)(H,60,68)(H,64,65)(H,66,67)(H,77,78)/t27-,28-,29-,30-,31-,32-,33-,34-,38-,39-,40-/m0/s1. The number of carboxylic acid groups (broad SMARTS) is 3. The third-order valence-electron chi connectivity index (χ3n) is 12.9. The first-order chi connectivity index (χ1) is 36.3. The summed E-state index contributed by atoms with van der Waals surface area (Å²) in [5.74, 6) is -15.2. The van der Waals surface area contributed by atoms with E-state index in [1.54, 1.807) is 69.2 Å². The number of hydrogen-bond donors (Lipinski definition) is 14. The van der Waals surface area contributed by atoms with Crippen LogP contribution in [-0.2, 0) is 62.3 Å². The van der Waals surface area contributed by atoms with Crippen LogP contribution in [0.4, 0.5) is 0 Å². The number of carbonyl (C=O) groups excluding carboxylic acids is 10. The van der Waals surface area contributed by atoms with Crippen LogP contribution in [0.5, 0.6) is 0 Å². The molecule has 442 valence electrons. The first-order valence-corrected chi connectivity index (χ1v) is 26.3. The molecule has 0 saturated carbocycles. The second-order valence-corrected chi connectivity index (χ2v) is 21.2. The molecule has 28 nitrogen and oxygen atoms in total. The van der Waals surface area contributed by atoms with Crippen molar-refractivity contribution >= 4 is 77.0 Å². The summed E-state index contributed by atoms with van der Waals surface area (Å²) in [4.78, 5) is 171. The molecule has 0 bridgehead atoms. The number of carbonyl (C=O) groups is 13. The molecule has 0 aromatic carbocycles. The van der Waals surface area contributed by atoms with Gasteiger partial charge in [0.25, 0.3) is 0 Å². The molecule has 0 aliphatic carbocycles. The van der Waals surface area contributed by atoms with Crippen LogP contribution >= 0.6 is 0 Å². The van der Waals surface area contributed by atoms with Crippen LogP contribution in [0.3, 0.4) is 0 Å². The predicted octanol–water partition coefficient (Wildman–Crippen LogP) is -2.68. The lowest BCUT2D eigenvalue weighted by Gasteiger charge is -2.32. The number of primary amides is 1. The number of aliphatic carboxylic acids is 3. The van der Waals surface area contributed by atoms with E-state index in [0.717, 1.165) is 4.90 Å². The quantitative estimate of drug-likeness (QED) is 0.0307. The lowest BCUT2D eigenvalue weighted by atomic mass is 9.96. The molecule has 16 N–H and O–H groups in total. The minimum absolute atomic E-state index is 0.00214. The Hall–Kier alpha value is -6.97. The number of aliphatic hydroxyl groups excluding tert-OH is 1. The van der Waals surface area contributed by atoms with Gasteiger partial charge in [0.05, 0.1) is 19.1 Å². The molecule has 0 aromatic rings. The van der Waals surface area contributed by atoms with E-state index in [2.05, 4.69) is 42.5 Å². The fraction of sp³-hybridized carbons (Fsp3) is 0.740. The maximum absolute atomic E-state index is 14.2. The summed E-state index contributed by atoms with van der Waals surface area (Å²) in [5.41, 5.74) is 11.0. The third-order valence-corrected chi connectivity index (χ3v) is 12.9. The van der Waals surface area contributed by atoms with Gasteiger partial charge in [-0.2, -0.15) is 0 Å². The zero-order chi connectivity index (χ0) is 59.9. The monoisotopic (exact) mass is 1110 g/mol. The molecule has 1 aliphatic heterocycles. The van der Waals surface area contributed by atoms with Crippen molar-refractivity contribution < 1.29 is 82.8 Å². The maximum atomic E-state index is 14.2. The van der Waals surface area contributed by atoms with Crippen molar-refractivity contribution in [2.45, 2.75) is 194 Å². The summed E-state index contributed by atoms with van der Waals surface area (Å²) >= 11 is 0. The van der Waals surface area contributed by atoms with Crippen molar-refractivity contribution in [3.63, 3.8) is 0 Å². The Labute approximate surface area is 454 Å². The summed E-state index contributed by atoms with van der Waals surface area (Å²) in [5, 5.41) is 58.3. The van der Waals surface area contributed by atoms with Crippen molar-refractivity contribution in [3.8, 4) is 0 Å². The highest BCUT2D eigenvalue weighted by Crippen LogP contribution is 2.22. The van der Waals surface area contributed by atoms with E-state index in [4.69, 9.17) is 16.6 Å². The van der Waals surface area contributed by atoms with E-state index in [9.17, 15) is 77.6 Å². The number of aliphatic hydroxyl groups is 1. The number of nitrogens with zero attached hydrogens (tertiary/aromatic N) is 1. The third kappa shape index (κ3) is 23.3. The smallest absolute Gasteiger partial charge is 0.326 e. The van der Waals surface area contributed by atoms with Crippen molar-refractivity contribution in [1.29, 1.82) is 0 Å². The number of hydrogen-bond acceptors (Lipinski definition) is 15. The highest BCUT2D eigenvalue weighted by Gasteiger charge is 2.42. The maximum Gasteiger partial charge on any atom is 0.326 e. The van der Waals surface area contributed by atoms with Crippen LogP contribution in [0.2, 0.25) is 0 Å². The van der Waals surface area contributed by atoms with E-state index in [-0.39, 0.29) is 44.1 Å². The molecule has 28 heteroatoms. The van der Waals surface area contributed by atoms with Crippen molar-refractivity contribution in [2.75, 3.05) is 13.2 Å². The van der Waals surface area contributed by atoms with E-state index in [0.29, 0.717) is 12.8 Å². The average Bonchev–Trinajstić information content (AvgIpc) is 3.84. The lowest BCUT2D eigenvalue weighted by Crippen LogP contribution is -2.62. The van der Waals surface area contributed by atoms with Crippen LogP contribution in [0.25, 0.3) is 0 Å². The number of nitrogens with two attached hydrogens (primary N) is 2. The molecule has 78 heavy (non-hydrogen) atoms. The largest absolute Gasteiger partial charge is 0.481 e. The van der Waals surface area contributed by atoms with Crippen LogP contribution in [-0.4, -0.2) is 176 Å². The zero-order valence-electron chi connectivity index (χ0n) is 46.3. The molecular weight excluding hydrogens is 1030 g/mol. The van der Waals surface area contributed by atoms with E-state index < -0.39 is 187 Å². The molecule has 1 aliphatic rings. The lowest BCUT2D eigenvalue weighted by molar-refractivity contribution is -0.144. The molecule has 1 heterocycles. The van der Waals surface area contributed by atoms with E-state index in [1.807, 2.05) is 0 Å². The molecule has 0 aromatic heterocycles. The minimum atomic E-state index is -1.69. The number of amides is 10. The number of likely N-dealkylation sites (tertiary alicyclic amines) is 1. The van der Waals surface area contributed by atoms with Gasteiger partial charge in [0.1, 0.15) is 54.4 Å². The number of nitrogens with one attached hydrogen (secondary N) is 8. The van der Waals surface area contributed by atoms with Crippen molar-refractivity contribution in [2.24, 2.45) is 41.1 Å². The van der Waals surface area contributed by atoms with Gasteiger partial charge in [-0.15, -0.1) is 0 Å². The van der Waals surface area contributed by atoms with Gasteiger partial charge in [-0.25, -0.2) is 4.79 Å². The van der Waals surface area contributed by atoms with Gasteiger partial charge in [-0.05, 0) is 68.1 Å². The highest BCUT2D eigenvalue weighted by molar-refractivity contribution is 5.99. The van der Waals surface area contributed by atoms with Gasteiger partial charge in [0, 0.05) is 19.4 Å². The van der Waals surface area contributed by atoms with Crippen LogP contribution < -0.4 is 54.0 Å². The molecule has 11 atom stereocenters.